The number of carbonyl (C=O) groups is 2. The Morgan fingerprint density at radius 3 is 2.75 bits per heavy atom. The van der Waals surface area contributed by atoms with Gasteiger partial charge in [0.25, 0.3) is 0 Å². The van der Waals surface area contributed by atoms with Gasteiger partial charge in [-0.1, -0.05) is 19.6 Å². The Kier molecular flexibility index (Phi) is 3.59. The minimum Gasteiger partial charge on any atom is -0.466 e. The third-order valence-electron chi connectivity index (χ3n) is 4.61. The van der Waals surface area contributed by atoms with Crippen molar-refractivity contribution < 1.29 is 19.1 Å². The largest absolute Gasteiger partial charge is 0.466 e. The van der Waals surface area contributed by atoms with Gasteiger partial charge in [0, 0.05) is 17.1 Å². The van der Waals surface area contributed by atoms with Crippen LogP contribution in [0.3, 0.4) is 0 Å². The highest BCUT2D eigenvalue weighted by Crippen LogP contribution is 2.50. The molecule has 1 saturated carbocycles. The maximum Gasteiger partial charge on any atom is 0.334 e. The van der Waals surface area contributed by atoms with Gasteiger partial charge < -0.3 is 9.47 Å². The molecule has 0 aromatic rings. The molecule has 108 valence electrons. The highest BCUT2D eigenvalue weighted by molar-refractivity contribution is 5.92. The molecule has 20 heavy (non-hydrogen) atoms. The van der Waals surface area contributed by atoms with Crippen molar-refractivity contribution in [2.75, 3.05) is 7.11 Å². The van der Waals surface area contributed by atoms with E-state index in [1.165, 1.54) is 7.11 Å². The summed E-state index contributed by atoms with van der Waals surface area (Å²) in [5, 5.41) is 0. The van der Waals surface area contributed by atoms with Crippen LogP contribution in [0.5, 0.6) is 0 Å². The highest BCUT2D eigenvalue weighted by Gasteiger charge is 2.48. The summed E-state index contributed by atoms with van der Waals surface area (Å²) in [6.07, 6.45) is 2.82. The molecular weight excluding hydrogens is 256 g/mol. The van der Waals surface area contributed by atoms with E-state index < -0.39 is 5.97 Å². The van der Waals surface area contributed by atoms with Crippen LogP contribution in [0.25, 0.3) is 0 Å². The molecule has 1 aliphatic carbocycles. The SMILES string of the molecule is C=C[C@]1(C)CC2OC(=O)C(C)=C2C[C@H]1C(=C)C(=O)OC. The van der Waals surface area contributed by atoms with Gasteiger partial charge in [0.2, 0.25) is 0 Å². The topological polar surface area (TPSA) is 52.6 Å². The van der Waals surface area contributed by atoms with Crippen molar-refractivity contribution in [1.29, 1.82) is 0 Å². The predicted molar refractivity (Wildman–Crippen MR) is 74.8 cm³/mol. The van der Waals surface area contributed by atoms with Crippen LogP contribution in [0.15, 0.2) is 36.0 Å². The maximum absolute atomic E-state index is 11.8. The van der Waals surface area contributed by atoms with Crippen molar-refractivity contribution in [1.82, 2.24) is 0 Å². The van der Waals surface area contributed by atoms with Crippen molar-refractivity contribution in [2.24, 2.45) is 11.3 Å². The van der Waals surface area contributed by atoms with Crippen molar-refractivity contribution in [3.8, 4) is 0 Å². The normalized spacial score (nSPS) is 32.5. The van der Waals surface area contributed by atoms with Gasteiger partial charge in [-0.25, -0.2) is 9.59 Å². The van der Waals surface area contributed by atoms with Gasteiger partial charge in [0.05, 0.1) is 7.11 Å². The second kappa shape index (κ2) is 4.93. The van der Waals surface area contributed by atoms with E-state index in [9.17, 15) is 9.59 Å². The van der Waals surface area contributed by atoms with Gasteiger partial charge in [-0.05, 0) is 30.8 Å². The fourth-order valence-corrected chi connectivity index (χ4v) is 3.13. The number of hydrogen-bond acceptors (Lipinski definition) is 4. The minimum absolute atomic E-state index is 0.122. The first-order valence-corrected chi connectivity index (χ1v) is 6.65. The van der Waals surface area contributed by atoms with Crippen LogP contribution in [0, 0.1) is 11.3 Å². The lowest BCUT2D eigenvalue weighted by molar-refractivity contribution is -0.142. The molecule has 0 aromatic heterocycles. The van der Waals surface area contributed by atoms with Gasteiger partial charge in [-0.2, -0.15) is 0 Å². The second-order valence-electron chi connectivity index (χ2n) is 5.73. The summed E-state index contributed by atoms with van der Waals surface area (Å²) in [5.74, 6) is -0.797. The van der Waals surface area contributed by atoms with Crippen LogP contribution in [-0.4, -0.2) is 25.2 Å². The molecule has 0 saturated heterocycles. The van der Waals surface area contributed by atoms with Crippen LogP contribution in [-0.2, 0) is 19.1 Å². The molecule has 1 fully saturated rings. The molecule has 0 aromatic carbocycles. The molecule has 4 nitrogen and oxygen atoms in total. The Morgan fingerprint density at radius 1 is 1.55 bits per heavy atom. The van der Waals surface area contributed by atoms with E-state index in [0.29, 0.717) is 24.0 Å². The zero-order valence-corrected chi connectivity index (χ0v) is 12.2. The molecule has 2 aliphatic rings. The van der Waals surface area contributed by atoms with E-state index >= 15 is 0 Å². The van der Waals surface area contributed by atoms with E-state index in [-0.39, 0.29) is 23.4 Å². The number of methoxy groups -OCH3 is 1. The molecule has 0 bridgehead atoms. The monoisotopic (exact) mass is 276 g/mol. The third-order valence-corrected chi connectivity index (χ3v) is 4.61. The first-order valence-electron chi connectivity index (χ1n) is 6.65. The summed E-state index contributed by atoms with van der Waals surface area (Å²) in [4.78, 5) is 23.5. The van der Waals surface area contributed by atoms with Crippen molar-refractivity contribution >= 4 is 11.9 Å². The van der Waals surface area contributed by atoms with Crippen LogP contribution in [0.1, 0.15) is 26.7 Å². The average Bonchev–Trinajstić information content (AvgIpc) is 2.70. The molecule has 0 spiro atoms. The molecule has 0 amide bonds. The summed E-state index contributed by atoms with van der Waals surface area (Å²) in [7, 11) is 1.34. The number of esters is 2. The third kappa shape index (κ3) is 2.09. The second-order valence-corrected chi connectivity index (χ2v) is 5.73. The van der Waals surface area contributed by atoms with Crippen LogP contribution < -0.4 is 0 Å². The predicted octanol–water partition coefficient (Wildman–Crippen LogP) is 2.56. The number of fused-ring (bicyclic) bond motifs is 1. The molecular formula is C16H20O4. The number of allylic oxidation sites excluding steroid dienone is 1. The lowest BCUT2D eigenvalue weighted by Gasteiger charge is -2.42. The Morgan fingerprint density at radius 2 is 2.20 bits per heavy atom. The standard InChI is InChI=1S/C16H20O4/c1-6-16(4)8-13-11(9(2)15(18)20-13)7-12(16)10(3)14(17)19-5/h6,12-13H,1,3,7-8H2,2,4-5H3/t12-,13?,16+/m0/s1. The molecule has 0 N–H and O–H groups in total. The van der Waals surface area contributed by atoms with Gasteiger partial charge in [-0.3, -0.25) is 0 Å². The summed E-state index contributed by atoms with van der Waals surface area (Å²) >= 11 is 0. The summed E-state index contributed by atoms with van der Waals surface area (Å²) in [5.41, 5.74) is 1.71. The van der Waals surface area contributed by atoms with Gasteiger partial charge in [-0.15, -0.1) is 6.58 Å². The zero-order chi connectivity index (χ0) is 15.1. The van der Waals surface area contributed by atoms with E-state index in [1.54, 1.807) is 6.92 Å². The average molecular weight is 276 g/mol. The summed E-state index contributed by atoms with van der Waals surface area (Å²) in [6.45, 7) is 11.5. The van der Waals surface area contributed by atoms with Gasteiger partial charge >= 0.3 is 11.9 Å². The molecule has 1 aliphatic heterocycles. The van der Waals surface area contributed by atoms with E-state index in [2.05, 4.69) is 13.2 Å². The fraction of sp³-hybridized carbons (Fsp3) is 0.500. The van der Waals surface area contributed by atoms with Crippen molar-refractivity contribution in [3.05, 3.63) is 36.0 Å². The number of rotatable bonds is 3. The maximum atomic E-state index is 11.8. The van der Waals surface area contributed by atoms with E-state index in [4.69, 9.17) is 9.47 Å². The molecule has 4 heteroatoms. The Labute approximate surface area is 119 Å². The van der Waals surface area contributed by atoms with Gasteiger partial charge in [0.15, 0.2) is 0 Å². The van der Waals surface area contributed by atoms with Crippen molar-refractivity contribution in [2.45, 2.75) is 32.8 Å². The molecule has 3 atom stereocenters. The molecule has 1 unspecified atom stereocenters. The van der Waals surface area contributed by atoms with Crippen LogP contribution >= 0.6 is 0 Å². The number of carbonyl (C=O) groups excluding carboxylic acids is 2. The van der Waals surface area contributed by atoms with E-state index in [1.807, 2.05) is 13.0 Å². The molecule has 2 rings (SSSR count). The Hall–Kier alpha value is -1.84. The number of hydrogen-bond donors (Lipinski definition) is 0. The summed E-state index contributed by atoms with van der Waals surface area (Å²) in [6, 6.07) is 0. The smallest absolute Gasteiger partial charge is 0.334 e. The Balaban J connectivity index is 2.38. The quantitative estimate of drug-likeness (QED) is 0.451. The first kappa shape index (κ1) is 14.6. The number of ether oxygens (including phenoxy) is 2. The molecule has 0 radical (unpaired) electrons. The lowest BCUT2D eigenvalue weighted by atomic mass is 9.62. The fourth-order valence-electron chi connectivity index (χ4n) is 3.13. The lowest BCUT2D eigenvalue weighted by Crippen LogP contribution is -2.39. The zero-order valence-electron chi connectivity index (χ0n) is 12.2. The minimum atomic E-state index is -0.412. The summed E-state index contributed by atoms with van der Waals surface area (Å²) < 4.78 is 10.2. The van der Waals surface area contributed by atoms with Crippen LogP contribution in [0.2, 0.25) is 0 Å². The molecule has 1 heterocycles. The Bertz CT molecular complexity index is 529. The first-order chi connectivity index (χ1) is 9.34. The van der Waals surface area contributed by atoms with Crippen LogP contribution in [0.4, 0.5) is 0 Å². The highest BCUT2D eigenvalue weighted by atomic mass is 16.5. The van der Waals surface area contributed by atoms with E-state index in [0.717, 1.165) is 5.57 Å². The van der Waals surface area contributed by atoms with Gasteiger partial charge in [0.1, 0.15) is 6.10 Å². The van der Waals surface area contributed by atoms with Crippen molar-refractivity contribution in [3.63, 3.8) is 0 Å².